The molecule has 1 amide bonds. The molecule has 0 saturated carbocycles. The van der Waals surface area contributed by atoms with Crippen LogP contribution in [0.4, 0.5) is 0 Å². The highest BCUT2D eigenvalue weighted by molar-refractivity contribution is 6.32. The van der Waals surface area contributed by atoms with E-state index in [1.165, 1.54) is 12.1 Å². The maximum Gasteiger partial charge on any atom is 0.251 e. The third-order valence-corrected chi connectivity index (χ3v) is 4.61. The van der Waals surface area contributed by atoms with Crippen LogP contribution in [0.25, 0.3) is 0 Å². The van der Waals surface area contributed by atoms with Crippen molar-refractivity contribution in [3.05, 3.63) is 64.7 Å². The van der Waals surface area contributed by atoms with Gasteiger partial charge >= 0.3 is 0 Å². The van der Waals surface area contributed by atoms with E-state index >= 15 is 0 Å². The molecule has 126 valence electrons. The molecule has 3 rings (SSSR count). The van der Waals surface area contributed by atoms with Crippen molar-refractivity contribution in [2.24, 2.45) is 5.92 Å². The number of aromatic hydroxyl groups is 1. The smallest absolute Gasteiger partial charge is 0.251 e. The molecule has 1 saturated heterocycles. The van der Waals surface area contributed by atoms with Crippen LogP contribution in [0.15, 0.2) is 48.5 Å². The molecule has 5 heteroatoms. The molecule has 1 aliphatic heterocycles. The van der Waals surface area contributed by atoms with E-state index in [1.54, 1.807) is 6.07 Å². The SMILES string of the molecule is O=C(NCC1CCCOC1c1ccccc1)c1ccc(O)c(Cl)c1. The first kappa shape index (κ1) is 16.8. The Morgan fingerprint density at radius 2 is 2.04 bits per heavy atom. The van der Waals surface area contributed by atoms with Gasteiger partial charge < -0.3 is 15.2 Å². The highest BCUT2D eigenvalue weighted by atomic mass is 35.5. The van der Waals surface area contributed by atoms with Gasteiger partial charge in [0, 0.05) is 24.6 Å². The lowest BCUT2D eigenvalue weighted by atomic mass is 9.89. The van der Waals surface area contributed by atoms with E-state index in [-0.39, 0.29) is 28.7 Å². The monoisotopic (exact) mass is 345 g/mol. The van der Waals surface area contributed by atoms with Crippen LogP contribution in [-0.4, -0.2) is 24.2 Å². The fourth-order valence-electron chi connectivity index (χ4n) is 3.04. The number of carbonyl (C=O) groups excluding carboxylic acids is 1. The van der Waals surface area contributed by atoms with Crippen molar-refractivity contribution >= 4 is 17.5 Å². The summed E-state index contributed by atoms with van der Waals surface area (Å²) < 4.78 is 5.94. The largest absolute Gasteiger partial charge is 0.506 e. The Morgan fingerprint density at radius 1 is 1.25 bits per heavy atom. The Balaban J connectivity index is 1.65. The lowest BCUT2D eigenvalue weighted by molar-refractivity contribution is -0.0272. The Labute approximate surface area is 146 Å². The van der Waals surface area contributed by atoms with Crippen LogP contribution in [0, 0.1) is 5.92 Å². The Bertz CT molecular complexity index is 705. The van der Waals surface area contributed by atoms with Gasteiger partial charge in [0.05, 0.1) is 11.1 Å². The summed E-state index contributed by atoms with van der Waals surface area (Å²) in [5.41, 5.74) is 1.58. The van der Waals surface area contributed by atoms with Gasteiger partial charge in [-0.25, -0.2) is 0 Å². The van der Waals surface area contributed by atoms with Crippen molar-refractivity contribution in [3.63, 3.8) is 0 Å². The van der Waals surface area contributed by atoms with Crippen molar-refractivity contribution < 1.29 is 14.6 Å². The van der Waals surface area contributed by atoms with Gasteiger partial charge in [-0.3, -0.25) is 4.79 Å². The first-order chi connectivity index (χ1) is 11.6. The number of amides is 1. The number of nitrogens with one attached hydrogen (secondary N) is 1. The van der Waals surface area contributed by atoms with E-state index in [9.17, 15) is 9.90 Å². The second-order valence-corrected chi connectivity index (χ2v) is 6.39. The number of phenolic OH excluding ortho intramolecular Hbond substituents is 1. The molecule has 2 unspecified atom stereocenters. The minimum atomic E-state index is -0.200. The van der Waals surface area contributed by atoms with Crippen LogP contribution >= 0.6 is 11.6 Å². The molecule has 2 N–H and O–H groups in total. The summed E-state index contributed by atoms with van der Waals surface area (Å²) in [4.78, 5) is 12.3. The standard InChI is InChI=1S/C19H20ClNO3/c20-16-11-14(8-9-17(16)22)19(23)21-12-15-7-4-10-24-18(15)13-5-2-1-3-6-13/h1-3,5-6,8-9,11,15,18,22H,4,7,10,12H2,(H,21,23). The molecule has 0 aliphatic carbocycles. The topological polar surface area (TPSA) is 58.6 Å². The molecule has 24 heavy (non-hydrogen) atoms. The highest BCUT2D eigenvalue weighted by Gasteiger charge is 2.27. The Kier molecular flexibility index (Phi) is 5.38. The summed E-state index contributed by atoms with van der Waals surface area (Å²) in [6, 6.07) is 14.6. The van der Waals surface area contributed by atoms with Crippen molar-refractivity contribution in [1.29, 1.82) is 0 Å². The van der Waals surface area contributed by atoms with E-state index in [1.807, 2.05) is 18.2 Å². The zero-order valence-corrected chi connectivity index (χ0v) is 14.0. The summed E-state index contributed by atoms with van der Waals surface area (Å²) in [7, 11) is 0. The van der Waals surface area contributed by atoms with Crippen LogP contribution in [0.5, 0.6) is 5.75 Å². The molecule has 0 bridgehead atoms. The van der Waals surface area contributed by atoms with Crippen molar-refractivity contribution in [1.82, 2.24) is 5.32 Å². The van der Waals surface area contributed by atoms with Gasteiger partial charge in [0.25, 0.3) is 5.91 Å². The van der Waals surface area contributed by atoms with Gasteiger partial charge in [-0.2, -0.15) is 0 Å². The number of ether oxygens (including phenoxy) is 1. The molecule has 1 fully saturated rings. The van der Waals surface area contributed by atoms with Crippen LogP contribution < -0.4 is 5.32 Å². The van der Waals surface area contributed by atoms with Gasteiger partial charge in [0.2, 0.25) is 0 Å². The number of halogens is 1. The zero-order chi connectivity index (χ0) is 16.9. The number of phenols is 1. The third kappa shape index (κ3) is 3.89. The van der Waals surface area contributed by atoms with Crippen LogP contribution in [0.1, 0.15) is 34.9 Å². The summed E-state index contributed by atoms with van der Waals surface area (Å²) in [5, 5.41) is 12.6. The number of rotatable bonds is 4. The van der Waals surface area contributed by atoms with Gasteiger partial charge in [-0.1, -0.05) is 41.9 Å². The molecular formula is C19H20ClNO3. The second kappa shape index (κ2) is 7.69. The van der Waals surface area contributed by atoms with E-state index < -0.39 is 0 Å². The predicted molar refractivity (Wildman–Crippen MR) is 93.3 cm³/mol. The third-order valence-electron chi connectivity index (χ3n) is 4.31. The van der Waals surface area contributed by atoms with Gasteiger partial charge in [-0.15, -0.1) is 0 Å². The number of hydrogen-bond donors (Lipinski definition) is 2. The fourth-order valence-corrected chi connectivity index (χ4v) is 3.22. The molecule has 2 atom stereocenters. The average molecular weight is 346 g/mol. The lowest BCUT2D eigenvalue weighted by Crippen LogP contribution is -2.35. The second-order valence-electron chi connectivity index (χ2n) is 5.98. The van der Waals surface area contributed by atoms with Gasteiger partial charge in [0.15, 0.2) is 0 Å². The van der Waals surface area contributed by atoms with E-state index in [0.29, 0.717) is 12.1 Å². The molecule has 0 radical (unpaired) electrons. The Hall–Kier alpha value is -2.04. The number of hydrogen-bond acceptors (Lipinski definition) is 3. The summed E-state index contributed by atoms with van der Waals surface area (Å²) in [6.07, 6.45) is 2.01. The minimum absolute atomic E-state index is 0.00338. The zero-order valence-electron chi connectivity index (χ0n) is 13.2. The average Bonchev–Trinajstić information content (AvgIpc) is 2.63. The molecule has 2 aromatic rings. The maximum absolute atomic E-state index is 12.3. The molecule has 1 aliphatic rings. The van der Waals surface area contributed by atoms with Crippen molar-refractivity contribution in [2.45, 2.75) is 18.9 Å². The summed E-state index contributed by atoms with van der Waals surface area (Å²) in [6.45, 7) is 1.29. The van der Waals surface area contributed by atoms with E-state index in [4.69, 9.17) is 16.3 Å². The van der Waals surface area contributed by atoms with Crippen molar-refractivity contribution in [2.75, 3.05) is 13.2 Å². The molecule has 0 aromatic heterocycles. The molecular weight excluding hydrogens is 326 g/mol. The number of carbonyl (C=O) groups is 1. The Morgan fingerprint density at radius 3 is 2.79 bits per heavy atom. The molecule has 0 spiro atoms. The summed E-state index contributed by atoms with van der Waals surface area (Å²) >= 11 is 5.86. The fraction of sp³-hybridized carbons (Fsp3) is 0.316. The first-order valence-corrected chi connectivity index (χ1v) is 8.46. The van der Waals surface area contributed by atoms with Gasteiger partial charge in [-0.05, 0) is 36.6 Å². The normalized spacial score (nSPS) is 20.5. The van der Waals surface area contributed by atoms with Crippen LogP contribution in [-0.2, 0) is 4.74 Å². The molecule has 1 heterocycles. The van der Waals surface area contributed by atoms with E-state index in [2.05, 4.69) is 17.4 Å². The lowest BCUT2D eigenvalue weighted by Gasteiger charge is -2.32. The van der Waals surface area contributed by atoms with Crippen molar-refractivity contribution in [3.8, 4) is 5.75 Å². The highest BCUT2D eigenvalue weighted by Crippen LogP contribution is 2.33. The van der Waals surface area contributed by atoms with Crippen LogP contribution in [0.3, 0.4) is 0 Å². The quantitative estimate of drug-likeness (QED) is 0.882. The number of benzene rings is 2. The van der Waals surface area contributed by atoms with E-state index in [0.717, 1.165) is 25.0 Å². The molecule has 2 aromatic carbocycles. The van der Waals surface area contributed by atoms with Crippen LogP contribution in [0.2, 0.25) is 5.02 Å². The van der Waals surface area contributed by atoms with Gasteiger partial charge in [0.1, 0.15) is 5.75 Å². The maximum atomic E-state index is 12.3. The minimum Gasteiger partial charge on any atom is -0.506 e. The summed E-state index contributed by atoms with van der Waals surface area (Å²) in [5.74, 6) is 0.00464. The molecule has 4 nitrogen and oxygen atoms in total. The predicted octanol–water partition coefficient (Wildman–Crippen LogP) is 3.94. The first-order valence-electron chi connectivity index (χ1n) is 8.08.